The predicted molar refractivity (Wildman–Crippen MR) is 100.0 cm³/mol. The molecule has 2 atom stereocenters. The van der Waals surface area contributed by atoms with E-state index in [9.17, 15) is 4.79 Å². The van der Waals surface area contributed by atoms with Crippen LogP contribution in [0, 0.1) is 0 Å². The second-order valence-electron chi connectivity index (χ2n) is 7.52. The summed E-state index contributed by atoms with van der Waals surface area (Å²) >= 11 is 0. The van der Waals surface area contributed by atoms with Crippen molar-refractivity contribution in [1.29, 1.82) is 0 Å². The minimum Gasteiger partial charge on any atom is -0.363 e. The third kappa shape index (κ3) is 3.03. The zero-order valence-corrected chi connectivity index (χ0v) is 15.4. The van der Waals surface area contributed by atoms with E-state index in [4.69, 9.17) is 9.72 Å². The number of nitrogens with one attached hydrogen (secondary N) is 1. The van der Waals surface area contributed by atoms with E-state index in [1.165, 1.54) is 11.1 Å². The maximum atomic E-state index is 13.4. The van der Waals surface area contributed by atoms with Crippen molar-refractivity contribution in [3.05, 3.63) is 58.7 Å². The maximum Gasteiger partial charge on any atom is 0.256 e. The first-order valence-electron chi connectivity index (χ1n) is 9.86. The van der Waals surface area contributed by atoms with Gasteiger partial charge in [-0.25, -0.2) is 9.97 Å². The molecular formula is C21H24N4O2. The lowest BCUT2D eigenvalue weighted by atomic mass is 9.96. The molecule has 1 fully saturated rings. The van der Waals surface area contributed by atoms with Gasteiger partial charge in [0.15, 0.2) is 11.9 Å². The highest BCUT2D eigenvalue weighted by Crippen LogP contribution is 2.36. The zero-order chi connectivity index (χ0) is 18.2. The molecule has 1 amide bonds. The molecule has 2 aromatic rings. The molecule has 0 bridgehead atoms. The Labute approximate surface area is 159 Å². The number of ether oxygens (including phenoxy) is 1. The Morgan fingerprint density at radius 3 is 3.11 bits per heavy atom. The Balaban J connectivity index is 1.43. The largest absolute Gasteiger partial charge is 0.363 e. The number of benzene rings is 1. The van der Waals surface area contributed by atoms with E-state index in [1.807, 2.05) is 29.3 Å². The third-order valence-corrected chi connectivity index (χ3v) is 5.88. The predicted octanol–water partition coefficient (Wildman–Crippen LogP) is 2.10. The van der Waals surface area contributed by atoms with Crippen LogP contribution in [0.3, 0.4) is 0 Å². The molecule has 0 radical (unpaired) electrons. The second kappa shape index (κ2) is 7.02. The number of fused-ring (bicyclic) bond motifs is 2. The van der Waals surface area contributed by atoms with Gasteiger partial charge in [-0.3, -0.25) is 4.79 Å². The van der Waals surface area contributed by atoms with Crippen molar-refractivity contribution in [3.8, 4) is 0 Å². The highest BCUT2D eigenvalue weighted by Gasteiger charge is 2.38. The number of nitrogens with zero attached hydrogens (tertiary/aromatic N) is 3. The minimum absolute atomic E-state index is 0.0459. The van der Waals surface area contributed by atoms with Gasteiger partial charge in [-0.2, -0.15) is 0 Å². The molecule has 0 unspecified atom stereocenters. The van der Waals surface area contributed by atoms with E-state index in [0.29, 0.717) is 6.61 Å². The third-order valence-electron chi connectivity index (χ3n) is 5.88. The SMILES string of the molecule is O=C([C@@H]1OCCc2ccccc21)N1CCC[C@@H]1c1ncc2c(n1)CCNC2. The van der Waals surface area contributed by atoms with E-state index in [-0.39, 0.29) is 11.9 Å². The first-order valence-corrected chi connectivity index (χ1v) is 9.86. The van der Waals surface area contributed by atoms with E-state index in [0.717, 1.165) is 62.4 Å². The molecule has 1 saturated heterocycles. The molecule has 140 valence electrons. The molecule has 1 N–H and O–H groups in total. The first-order chi connectivity index (χ1) is 13.3. The summed E-state index contributed by atoms with van der Waals surface area (Å²) in [5.74, 6) is 0.832. The van der Waals surface area contributed by atoms with Gasteiger partial charge >= 0.3 is 0 Å². The minimum atomic E-state index is -0.502. The van der Waals surface area contributed by atoms with Gasteiger partial charge in [0.2, 0.25) is 0 Å². The zero-order valence-electron chi connectivity index (χ0n) is 15.4. The fourth-order valence-corrected chi connectivity index (χ4v) is 4.46. The number of rotatable bonds is 2. The van der Waals surface area contributed by atoms with Crippen LogP contribution in [-0.4, -0.2) is 40.5 Å². The molecule has 5 rings (SSSR count). The van der Waals surface area contributed by atoms with Crippen LogP contribution in [0.4, 0.5) is 0 Å². The Hall–Kier alpha value is -2.31. The number of carbonyl (C=O) groups is 1. The summed E-state index contributed by atoms with van der Waals surface area (Å²) in [5.41, 5.74) is 4.52. The van der Waals surface area contributed by atoms with Crippen LogP contribution >= 0.6 is 0 Å². The number of aromatic nitrogens is 2. The molecule has 0 spiro atoms. The number of amides is 1. The van der Waals surface area contributed by atoms with Crippen molar-refractivity contribution in [2.75, 3.05) is 19.7 Å². The summed E-state index contributed by atoms with van der Waals surface area (Å²) in [4.78, 5) is 24.8. The summed E-state index contributed by atoms with van der Waals surface area (Å²) in [5, 5.41) is 3.35. The quantitative estimate of drug-likeness (QED) is 0.884. The van der Waals surface area contributed by atoms with Crippen LogP contribution in [0.1, 0.15) is 53.2 Å². The van der Waals surface area contributed by atoms with Crippen molar-refractivity contribution in [3.63, 3.8) is 0 Å². The van der Waals surface area contributed by atoms with Gasteiger partial charge in [0.1, 0.15) is 0 Å². The summed E-state index contributed by atoms with van der Waals surface area (Å²) in [6.45, 7) is 3.11. The molecule has 0 aliphatic carbocycles. The van der Waals surface area contributed by atoms with Gasteiger partial charge in [0.05, 0.1) is 12.6 Å². The number of hydrogen-bond acceptors (Lipinski definition) is 5. The van der Waals surface area contributed by atoms with E-state index < -0.39 is 6.10 Å². The number of carbonyl (C=O) groups excluding carboxylic acids is 1. The van der Waals surface area contributed by atoms with Gasteiger partial charge < -0.3 is 15.0 Å². The Kier molecular flexibility index (Phi) is 4.38. The maximum absolute atomic E-state index is 13.4. The fourth-order valence-electron chi connectivity index (χ4n) is 4.46. The smallest absolute Gasteiger partial charge is 0.256 e. The summed E-state index contributed by atoms with van der Waals surface area (Å²) in [6.07, 6.45) is 5.11. The van der Waals surface area contributed by atoms with Gasteiger partial charge in [-0.1, -0.05) is 24.3 Å². The molecule has 6 heteroatoms. The number of likely N-dealkylation sites (tertiary alicyclic amines) is 1. The van der Waals surface area contributed by atoms with Crippen molar-refractivity contribution in [1.82, 2.24) is 20.2 Å². The van der Waals surface area contributed by atoms with Crippen LogP contribution in [0.25, 0.3) is 0 Å². The second-order valence-corrected chi connectivity index (χ2v) is 7.52. The van der Waals surface area contributed by atoms with Gasteiger partial charge in [0.25, 0.3) is 5.91 Å². The fraction of sp³-hybridized carbons (Fsp3) is 0.476. The van der Waals surface area contributed by atoms with Crippen LogP contribution in [0.5, 0.6) is 0 Å². The van der Waals surface area contributed by atoms with Crippen molar-refractivity contribution in [2.45, 2.75) is 44.4 Å². The van der Waals surface area contributed by atoms with Gasteiger partial charge in [-0.15, -0.1) is 0 Å². The Bertz CT molecular complexity index is 869. The Morgan fingerprint density at radius 2 is 2.15 bits per heavy atom. The molecular weight excluding hydrogens is 340 g/mol. The topological polar surface area (TPSA) is 67.3 Å². The van der Waals surface area contributed by atoms with Gasteiger partial charge in [-0.05, 0) is 30.4 Å². The van der Waals surface area contributed by atoms with Crippen molar-refractivity contribution >= 4 is 5.91 Å². The summed E-state index contributed by atoms with van der Waals surface area (Å²) in [7, 11) is 0. The molecule has 4 heterocycles. The van der Waals surface area contributed by atoms with Crippen LogP contribution in [0.2, 0.25) is 0 Å². The lowest BCUT2D eigenvalue weighted by molar-refractivity contribution is -0.146. The standard InChI is InChI=1S/C21H24N4O2/c26-21(19-16-5-2-1-4-14(16)8-11-27-19)25-10-3-6-18(25)20-23-13-15-12-22-9-7-17(15)24-20/h1-2,4-5,13,18-19,22H,3,6-12H2/t18-,19-/m1/s1. The molecule has 1 aromatic heterocycles. The van der Waals surface area contributed by atoms with Crippen molar-refractivity contribution in [2.24, 2.45) is 0 Å². The highest BCUT2D eigenvalue weighted by molar-refractivity contribution is 5.83. The van der Waals surface area contributed by atoms with Crippen LogP contribution in [-0.2, 0) is 28.9 Å². The lowest BCUT2D eigenvalue weighted by Crippen LogP contribution is -2.38. The average Bonchev–Trinajstić information content (AvgIpc) is 3.22. The number of hydrogen-bond donors (Lipinski definition) is 1. The van der Waals surface area contributed by atoms with Crippen molar-refractivity contribution < 1.29 is 9.53 Å². The highest BCUT2D eigenvalue weighted by atomic mass is 16.5. The van der Waals surface area contributed by atoms with Crippen LogP contribution in [0.15, 0.2) is 30.5 Å². The first kappa shape index (κ1) is 16.8. The van der Waals surface area contributed by atoms with Crippen LogP contribution < -0.4 is 5.32 Å². The molecule has 1 aromatic carbocycles. The summed E-state index contributed by atoms with van der Waals surface area (Å²) in [6, 6.07) is 8.08. The molecule has 27 heavy (non-hydrogen) atoms. The Morgan fingerprint density at radius 1 is 1.22 bits per heavy atom. The molecule has 3 aliphatic rings. The lowest BCUT2D eigenvalue weighted by Gasteiger charge is -2.31. The molecule has 0 saturated carbocycles. The summed E-state index contributed by atoms with van der Waals surface area (Å²) < 4.78 is 5.91. The van der Waals surface area contributed by atoms with E-state index >= 15 is 0 Å². The normalized spacial score (nSPS) is 24.4. The molecule has 3 aliphatic heterocycles. The average molecular weight is 364 g/mol. The van der Waals surface area contributed by atoms with E-state index in [1.54, 1.807) is 0 Å². The van der Waals surface area contributed by atoms with E-state index in [2.05, 4.69) is 16.4 Å². The monoisotopic (exact) mass is 364 g/mol. The van der Waals surface area contributed by atoms with Gasteiger partial charge in [0, 0.05) is 43.5 Å². The molecule has 6 nitrogen and oxygen atoms in total.